The Morgan fingerprint density at radius 3 is 2.63 bits per heavy atom. The Bertz CT molecular complexity index is 927. The number of aliphatic imine (C=N–C) groups is 1. The quantitative estimate of drug-likeness (QED) is 0.467. The van der Waals surface area contributed by atoms with Crippen molar-refractivity contribution >= 4 is 11.7 Å². The van der Waals surface area contributed by atoms with E-state index < -0.39 is 13.0 Å². The monoisotopic (exact) mass is 424 g/mol. The summed E-state index contributed by atoms with van der Waals surface area (Å²) in [6.45, 7) is 1.28. The largest absolute Gasteiger partial charge is 0.522 e. The summed E-state index contributed by atoms with van der Waals surface area (Å²) in [4.78, 5) is 20.8. The van der Waals surface area contributed by atoms with Crippen LogP contribution >= 0.6 is 0 Å². The number of Topliss-reactive ketones (excluding diaryl/α,β-unsaturated/α-hetero) is 1. The van der Waals surface area contributed by atoms with Crippen molar-refractivity contribution in [3.8, 4) is 0 Å². The Hall–Kier alpha value is -2.81. The maximum atomic E-state index is 13.0. The van der Waals surface area contributed by atoms with Gasteiger partial charge in [0.25, 0.3) is 0 Å². The summed E-state index contributed by atoms with van der Waals surface area (Å²) in [5.41, 5.74) is 2.86. The van der Waals surface area contributed by atoms with Gasteiger partial charge >= 0.3 is 6.36 Å². The van der Waals surface area contributed by atoms with E-state index in [2.05, 4.69) is 14.7 Å². The third kappa shape index (κ3) is 6.09. The normalized spacial score (nSPS) is 14.2. The number of hydrogen-bond donors (Lipinski definition) is 0. The summed E-state index contributed by atoms with van der Waals surface area (Å²) < 4.78 is 57.9. The second-order valence-electron chi connectivity index (χ2n) is 6.97. The molecule has 0 fully saturated rings. The average molecular weight is 424 g/mol. The van der Waals surface area contributed by atoms with Gasteiger partial charge in [-0.1, -0.05) is 19.1 Å². The summed E-state index contributed by atoms with van der Waals surface area (Å²) in [6, 6.07) is 7.82. The van der Waals surface area contributed by atoms with E-state index in [9.17, 15) is 22.4 Å². The molecule has 1 aliphatic heterocycles. The standard InChI is InChI=1S/C21H20F4N2O3/c1-13(14-2-4-16(22)5-3-14)8-18(28)10-17-9-15-11-27-20(19(15)12-26-17)29-6-7-30-21(23,24)25/h2-5,9,12-13H,6-8,10-11H2,1H3/t13-/m0/s1. The molecule has 5 nitrogen and oxygen atoms in total. The van der Waals surface area contributed by atoms with Crippen molar-refractivity contribution in [1.82, 2.24) is 4.98 Å². The number of alkyl halides is 3. The zero-order chi connectivity index (χ0) is 21.7. The molecule has 0 unspecified atom stereocenters. The highest BCUT2D eigenvalue weighted by Crippen LogP contribution is 2.23. The van der Waals surface area contributed by atoms with Crippen molar-refractivity contribution in [3.63, 3.8) is 0 Å². The fourth-order valence-electron chi connectivity index (χ4n) is 3.15. The highest BCUT2D eigenvalue weighted by Gasteiger charge is 2.29. The van der Waals surface area contributed by atoms with Gasteiger partial charge < -0.3 is 4.74 Å². The molecule has 2 heterocycles. The van der Waals surface area contributed by atoms with E-state index in [-0.39, 0.29) is 36.4 Å². The lowest BCUT2D eigenvalue weighted by Gasteiger charge is -2.11. The van der Waals surface area contributed by atoms with Crippen LogP contribution in [0.15, 0.2) is 41.5 Å². The van der Waals surface area contributed by atoms with Gasteiger partial charge in [-0.3, -0.25) is 14.5 Å². The summed E-state index contributed by atoms with van der Waals surface area (Å²) in [7, 11) is 0. The number of nitrogens with zero attached hydrogens (tertiary/aromatic N) is 2. The second kappa shape index (κ2) is 9.34. The van der Waals surface area contributed by atoms with Gasteiger partial charge in [0, 0.05) is 24.7 Å². The van der Waals surface area contributed by atoms with Crippen molar-refractivity contribution in [1.29, 1.82) is 0 Å². The van der Waals surface area contributed by atoms with E-state index in [1.807, 2.05) is 6.92 Å². The SMILES string of the molecule is C[C@@H](CC(=O)Cc1cc2c(cn1)C(OCCOC(F)(F)F)=NC2)c1ccc(F)cc1. The molecule has 1 aromatic carbocycles. The molecule has 0 aliphatic carbocycles. The fourth-order valence-corrected chi connectivity index (χ4v) is 3.15. The maximum absolute atomic E-state index is 13.0. The maximum Gasteiger partial charge on any atom is 0.522 e. The molecule has 160 valence electrons. The Kier molecular flexibility index (Phi) is 6.81. The first-order valence-electron chi connectivity index (χ1n) is 9.34. The lowest BCUT2D eigenvalue weighted by atomic mass is 9.94. The van der Waals surface area contributed by atoms with Crippen LogP contribution in [-0.4, -0.2) is 36.2 Å². The minimum atomic E-state index is -4.70. The number of carbonyl (C=O) groups excluding carboxylic acids is 1. The van der Waals surface area contributed by atoms with Crippen LogP contribution in [0.25, 0.3) is 0 Å². The predicted molar refractivity (Wildman–Crippen MR) is 101 cm³/mol. The number of pyridine rings is 1. The summed E-state index contributed by atoms with van der Waals surface area (Å²) in [5, 5.41) is 0. The van der Waals surface area contributed by atoms with Crippen LogP contribution in [0.2, 0.25) is 0 Å². The highest BCUT2D eigenvalue weighted by atomic mass is 19.4. The molecule has 0 amide bonds. The van der Waals surface area contributed by atoms with E-state index in [1.165, 1.54) is 18.3 Å². The van der Waals surface area contributed by atoms with E-state index in [4.69, 9.17) is 4.74 Å². The van der Waals surface area contributed by atoms with Gasteiger partial charge in [0.15, 0.2) is 0 Å². The third-order valence-corrected chi connectivity index (χ3v) is 4.61. The molecule has 0 saturated carbocycles. The number of benzene rings is 1. The molecule has 0 spiro atoms. The van der Waals surface area contributed by atoms with Crippen LogP contribution in [0.3, 0.4) is 0 Å². The first kappa shape index (κ1) is 21.9. The number of fused-ring (bicyclic) bond motifs is 1. The van der Waals surface area contributed by atoms with Gasteiger partial charge in [0.05, 0.1) is 18.7 Å². The van der Waals surface area contributed by atoms with Gasteiger partial charge in [-0.2, -0.15) is 0 Å². The molecule has 0 N–H and O–H groups in total. The number of rotatable bonds is 8. The minimum absolute atomic E-state index is 0.000960. The summed E-state index contributed by atoms with van der Waals surface area (Å²) in [5.74, 6) is -0.155. The van der Waals surface area contributed by atoms with E-state index in [0.29, 0.717) is 24.2 Å². The first-order valence-corrected chi connectivity index (χ1v) is 9.34. The molecule has 0 bridgehead atoms. The Balaban J connectivity index is 1.52. The zero-order valence-corrected chi connectivity index (χ0v) is 16.2. The van der Waals surface area contributed by atoms with E-state index in [0.717, 1.165) is 11.1 Å². The van der Waals surface area contributed by atoms with Crippen LogP contribution < -0.4 is 0 Å². The molecule has 9 heteroatoms. The second-order valence-corrected chi connectivity index (χ2v) is 6.97. The van der Waals surface area contributed by atoms with Gasteiger partial charge in [-0.05, 0) is 35.2 Å². The molecule has 1 aliphatic rings. The molecular formula is C21H20F4N2O3. The number of halogens is 4. The van der Waals surface area contributed by atoms with Crippen molar-refractivity contribution in [2.75, 3.05) is 13.2 Å². The average Bonchev–Trinajstić information content (AvgIpc) is 3.07. The smallest absolute Gasteiger partial charge is 0.475 e. The van der Waals surface area contributed by atoms with Crippen LogP contribution in [0.5, 0.6) is 0 Å². The Morgan fingerprint density at radius 2 is 1.93 bits per heavy atom. The Morgan fingerprint density at radius 1 is 1.20 bits per heavy atom. The molecule has 1 aromatic heterocycles. The molecule has 3 rings (SSSR count). The fraction of sp³-hybridized carbons (Fsp3) is 0.381. The lowest BCUT2D eigenvalue weighted by Crippen LogP contribution is -2.18. The van der Waals surface area contributed by atoms with Crippen LogP contribution in [0, 0.1) is 5.82 Å². The van der Waals surface area contributed by atoms with Crippen molar-refractivity contribution in [2.24, 2.45) is 4.99 Å². The van der Waals surface area contributed by atoms with Crippen LogP contribution in [0.4, 0.5) is 17.6 Å². The minimum Gasteiger partial charge on any atom is -0.475 e. The van der Waals surface area contributed by atoms with Gasteiger partial charge in [-0.15, -0.1) is 13.2 Å². The lowest BCUT2D eigenvalue weighted by molar-refractivity contribution is -0.325. The van der Waals surface area contributed by atoms with Crippen molar-refractivity contribution in [3.05, 3.63) is 64.7 Å². The molecule has 1 atom stereocenters. The zero-order valence-electron chi connectivity index (χ0n) is 16.2. The number of carbonyl (C=O) groups is 1. The van der Waals surface area contributed by atoms with Crippen molar-refractivity contribution < 1.29 is 31.8 Å². The van der Waals surface area contributed by atoms with E-state index >= 15 is 0 Å². The number of hydrogen-bond acceptors (Lipinski definition) is 5. The van der Waals surface area contributed by atoms with Gasteiger partial charge in [0.2, 0.25) is 5.90 Å². The Labute approximate surface area is 170 Å². The van der Waals surface area contributed by atoms with Crippen LogP contribution in [0.1, 0.15) is 41.6 Å². The summed E-state index contributed by atoms with van der Waals surface area (Å²) >= 11 is 0. The number of ether oxygens (including phenoxy) is 2. The van der Waals surface area contributed by atoms with Crippen molar-refractivity contribution in [2.45, 2.75) is 38.6 Å². The first-order chi connectivity index (χ1) is 14.2. The molecular weight excluding hydrogens is 404 g/mol. The molecule has 0 radical (unpaired) electrons. The predicted octanol–water partition coefficient (Wildman–Crippen LogP) is 4.34. The van der Waals surface area contributed by atoms with Gasteiger partial charge in [-0.25, -0.2) is 9.38 Å². The molecule has 30 heavy (non-hydrogen) atoms. The van der Waals surface area contributed by atoms with Crippen LogP contribution in [-0.2, 0) is 27.2 Å². The summed E-state index contributed by atoms with van der Waals surface area (Å²) in [6.07, 6.45) is -2.74. The van der Waals surface area contributed by atoms with Gasteiger partial charge in [0.1, 0.15) is 18.2 Å². The molecule has 0 saturated heterocycles. The highest BCUT2D eigenvalue weighted by molar-refractivity contribution is 5.97. The number of ketones is 1. The third-order valence-electron chi connectivity index (χ3n) is 4.61. The van der Waals surface area contributed by atoms with E-state index in [1.54, 1.807) is 18.2 Å². The topological polar surface area (TPSA) is 60.8 Å². The number of aromatic nitrogens is 1. The molecule has 2 aromatic rings.